The lowest BCUT2D eigenvalue weighted by Crippen LogP contribution is -2.45. The molecule has 0 spiro atoms. The summed E-state index contributed by atoms with van der Waals surface area (Å²) in [5.74, 6) is -0.880. The Labute approximate surface area is 264 Å². The molecule has 2 heterocycles. The molecule has 4 atom stereocenters. The van der Waals surface area contributed by atoms with Gasteiger partial charge in [0.05, 0.1) is 33.0 Å². The van der Waals surface area contributed by atoms with Gasteiger partial charge < -0.3 is 19.5 Å². The number of hydrogen-bond donors (Lipinski definition) is 2. The van der Waals surface area contributed by atoms with E-state index >= 15 is 0 Å². The van der Waals surface area contributed by atoms with E-state index in [-0.39, 0.29) is 35.6 Å². The van der Waals surface area contributed by atoms with Gasteiger partial charge in [0.2, 0.25) is 0 Å². The normalized spacial score (nSPS) is 23.7. The van der Waals surface area contributed by atoms with Crippen molar-refractivity contribution in [2.45, 2.75) is 84.0 Å². The first-order chi connectivity index (χ1) is 20.6. The van der Waals surface area contributed by atoms with Crippen molar-refractivity contribution < 1.29 is 28.7 Å². The number of aromatic carboxylic acids is 1. The molecule has 0 saturated heterocycles. The molecule has 2 fully saturated rings. The quantitative estimate of drug-likeness (QED) is 0.196. The maximum atomic E-state index is 14.7. The number of halogens is 3. The Balaban J connectivity index is 0.00000180. The van der Waals surface area contributed by atoms with Crippen LogP contribution in [-0.4, -0.2) is 32.4 Å². The number of rotatable bonds is 8. The number of carboxylic acid groups (broad SMARTS) is 1. The van der Waals surface area contributed by atoms with Gasteiger partial charge in [-0.25, -0.2) is 14.2 Å². The monoisotopic (exact) mass is 648 g/mol. The number of carboxylic acids is 1. The van der Waals surface area contributed by atoms with Gasteiger partial charge in [0.15, 0.2) is 5.82 Å². The number of carbonyl (C=O) groups is 1. The molecule has 230 valence electrons. The molecule has 2 saturated carbocycles. The molecule has 43 heavy (non-hydrogen) atoms. The molecule has 2 aliphatic carbocycles. The average Bonchev–Trinajstić information content (AvgIpc) is 3.58. The zero-order valence-electron chi connectivity index (χ0n) is 24.5. The number of thiazole rings is 1. The summed E-state index contributed by atoms with van der Waals surface area (Å²) in [5.41, 5.74) is 0.706. The Kier molecular flexibility index (Phi) is 9.49. The Morgan fingerprint density at radius 2 is 1.91 bits per heavy atom. The fourth-order valence-electron chi connectivity index (χ4n) is 6.14. The largest absolute Gasteiger partial charge is 0.478 e. The molecule has 0 amide bonds. The molecule has 0 radical (unpaired) electrons. The second-order valence-electron chi connectivity index (χ2n) is 11.2. The van der Waals surface area contributed by atoms with Gasteiger partial charge in [-0.3, -0.25) is 0 Å². The van der Waals surface area contributed by atoms with E-state index in [4.69, 9.17) is 32.5 Å². The van der Waals surface area contributed by atoms with Crippen LogP contribution in [0, 0.1) is 17.7 Å². The van der Waals surface area contributed by atoms with Crippen molar-refractivity contribution in [2.24, 2.45) is 11.8 Å². The van der Waals surface area contributed by atoms with Gasteiger partial charge in [0, 0.05) is 17.0 Å². The molecule has 2 aliphatic rings. The van der Waals surface area contributed by atoms with Crippen molar-refractivity contribution in [3.63, 3.8) is 0 Å². The molecule has 7 nitrogen and oxygen atoms in total. The smallest absolute Gasteiger partial charge is 0.335 e. The molecule has 6 rings (SSSR count). The summed E-state index contributed by atoms with van der Waals surface area (Å²) in [6.45, 7) is 8.36. The van der Waals surface area contributed by atoms with Crippen molar-refractivity contribution in [1.29, 1.82) is 0 Å². The summed E-state index contributed by atoms with van der Waals surface area (Å²) in [4.78, 5) is 15.8. The number of aromatic nitrogens is 2. The van der Waals surface area contributed by atoms with Crippen molar-refractivity contribution in [1.82, 2.24) is 10.1 Å². The third kappa shape index (κ3) is 6.20. The third-order valence-electron chi connectivity index (χ3n) is 8.29. The summed E-state index contributed by atoms with van der Waals surface area (Å²) in [5, 5.41) is 26.9. The minimum absolute atomic E-state index is 0.00761. The number of ether oxygens (including phenoxy) is 1. The Morgan fingerprint density at radius 1 is 1.21 bits per heavy atom. The number of hydrogen-bond acceptors (Lipinski definition) is 7. The highest BCUT2D eigenvalue weighted by Crippen LogP contribution is 2.49. The zero-order valence-corrected chi connectivity index (χ0v) is 26.8. The van der Waals surface area contributed by atoms with Crippen LogP contribution in [-0.2, 0) is 16.9 Å². The SMILES string of the molecule is CC.CCC1CC(O)(c2nc3c(F)cc(C(=O)O)cc3s2)C[C@H](C)C1OCc1c(-c2c(Cl)cccc2Cl)noc1C1CC1. The Hall–Kier alpha value is -2.56. The van der Waals surface area contributed by atoms with Crippen LogP contribution < -0.4 is 0 Å². The summed E-state index contributed by atoms with van der Waals surface area (Å²) in [7, 11) is 0. The second kappa shape index (κ2) is 12.8. The highest BCUT2D eigenvalue weighted by Gasteiger charge is 2.46. The van der Waals surface area contributed by atoms with Gasteiger partial charge in [-0.1, -0.05) is 68.5 Å². The summed E-state index contributed by atoms with van der Waals surface area (Å²) >= 11 is 14.2. The molecular formula is C32H35Cl2FN2O5S. The molecule has 0 aliphatic heterocycles. The van der Waals surface area contributed by atoms with Crippen molar-refractivity contribution in [3.05, 3.63) is 68.1 Å². The van der Waals surface area contributed by atoms with Gasteiger partial charge >= 0.3 is 5.97 Å². The van der Waals surface area contributed by atoms with Crippen molar-refractivity contribution in [2.75, 3.05) is 0 Å². The van der Waals surface area contributed by atoms with Gasteiger partial charge in [-0.05, 0) is 61.8 Å². The van der Waals surface area contributed by atoms with E-state index in [1.807, 2.05) is 20.8 Å². The van der Waals surface area contributed by atoms with Crippen LogP contribution in [0.4, 0.5) is 4.39 Å². The van der Waals surface area contributed by atoms with Crippen LogP contribution in [0.3, 0.4) is 0 Å². The molecule has 2 N–H and O–H groups in total. The van der Waals surface area contributed by atoms with Crippen molar-refractivity contribution in [3.8, 4) is 11.3 Å². The highest BCUT2D eigenvalue weighted by atomic mass is 35.5. The van der Waals surface area contributed by atoms with Crippen LogP contribution in [0.1, 0.15) is 92.4 Å². The first kappa shape index (κ1) is 31.9. The van der Waals surface area contributed by atoms with Crippen LogP contribution in [0.15, 0.2) is 34.9 Å². The minimum atomic E-state index is -1.29. The van der Waals surface area contributed by atoms with E-state index in [1.54, 1.807) is 18.2 Å². The first-order valence-corrected chi connectivity index (χ1v) is 16.3. The molecule has 4 aromatic rings. The Bertz CT molecular complexity index is 1620. The summed E-state index contributed by atoms with van der Waals surface area (Å²) in [6.07, 6.45) is 3.39. The number of aliphatic hydroxyl groups is 1. The lowest BCUT2D eigenvalue weighted by Gasteiger charge is -2.44. The Morgan fingerprint density at radius 3 is 2.53 bits per heavy atom. The molecule has 2 aromatic carbocycles. The maximum Gasteiger partial charge on any atom is 0.335 e. The van der Waals surface area contributed by atoms with Gasteiger partial charge in [-0.15, -0.1) is 11.3 Å². The number of fused-ring (bicyclic) bond motifs is 1. The average molecular weight is 650 g/mol. The van der Waals surface area contributed by atoms with Gasteiger partial charge in [-0.2, -0.15) is 0 Å². The third-order valence-corrected chi connectivity index (χ3v) is 10.1. The van der Waals surface area contributed by atoms with E-state index < -0.39 is 17.4 Å². The van der Waals surface area contributed by atoms with E-state index in [1.165, 1.54) is 6.07 Å². The standard InChI is InChI=1S/C30H29Cl2FN2O5S.C2H6/c1-3-15-12-30(38,29-34-25-21(33)9-17(28(36)37)10-22(25)41-29)11-14(2)26(15)39-13-18-24(35-40-27(18)16-7-8-16)23-19(31)5-4-6-20(23)32;1-2/h4-6,9-10,14-16,26,38H,3,7-8,11-13H2,1-2H3,(H,36,37);1-2H3/t14-,15?,26?,30?;/m0./s1. The molecular weight excluding hydrogens is 614 g/mol. The summed E-state index contributed by atoms with van der Waals surface area (Å²) < 4.78 is 27.5. The van der Waals surface area contributed by atoms with Crippen LogP contribution in [0.2, 0.25) is 10.0 Å². The van der Waals surface area contributed by atoms with Crippen LogP contribution in [0.5, 0.6) is 0 Å². The highest BCUT2D eigenvalue weighted by molar-refractivity contribution is 7.18. The molecule has 2 aromatic heterocycles. The van der Waals surface area contributed by atoms with E-state index in [0.29, 0.717) is 49.8 Å². The van der Waals surface area contributed by atoms with Gasteiger partial charge in [0.25, 0.3) is 0 Å². The molecule has 3 unspecified atom stereocenters. The first-order valence-electron chi connectivity index (χ1n) is 14.7. The maximum absolute atomic E-state index is 14.7. The van der Waals surface area contributed by atoms with Crippen LogP contribution >= 0.6 is 34.5 Å². The zero-order chi connectivity index (χ0) is 31.1. The fraction of sp³-hybridized carbons (Fsp3) is 0.469. The minimum Gasteiger partial charge on any atom is -0.478 e. The summed E-state index contributed by atoms with van der Waals surface area (Å²) in [6, 6.07) is 7.69. The van der Waals surface area contributed by atoms with E-state index in [2.05, 4.69) is 17.1 Å². The fourth-order valence-corrected chi connectivity index (χ4v) is 7.84. The van der Waals surface area contributed by atoms with E-state index in [0.717, 1.165) is 48.0 Å². The number of nitrogens with zero attached hydrogens (tertiary/aromatic N) is 2. The molecule has 11 heteroatoms. The lowest BCUT2D eigenvalue weighted by molar-refractivity contribution is -0.126. The van der Waals surface area contributed by atoms with E-state index in [9.17, 15) is 19.4 Å². The second-order valence-corrected chi connectivity index (χ2v) is 13.1. The number of benzene rings is 2. The topological polar surface area (TPSA) is 106 Å². The predicted molar refractivity (Wildman–Crippen MR) is 166 cm³/mol. The van der Waals surface area contributed by atoms with Gasteiger partial charge in [0.1, 0.15) is 27.6 Å². The molecule has 0 bridgehead atoms. The predicted octanol–water partition coefficient (Wildman–Crippen LogP) is 9.23. The lowest BCUT2D eigenvalue weighted by atomic mass is 9.70. The van der Waals surface area contributed by atoms with Crippen molar-refractivity contribution >= 4 is 50.7 Å². The van der Waals surface area contributed by atoms with Crippen LogP contribution in [0.25, 0.3) is 21.5 Å².